The molecule has 1 aromatic rings. The minimum atomic E-state index is -3.44. The fourth-order valence-electron chi connectivity index (χ4n) is 1.43. The average Bonchev–Trinajstić information content (AvgIpc) is 2.28. The summed E-state index contributed by atoms with van der Waals surface area (Å²) < 4.78 is 51.4. The highest BCUT2D eigenvalue weighted by Gasteiger charge is 2.21. The van der Waals surface area contributed by atoms with E-state index in [-0.39, 0.29) is 11.5 Å². The predicted octanol–water partition coefficient (Wildman–Crippen LogP) is 1.76. The summed E-state index contributed by atoms with van der Waals surface area (Å²) in [5, 5.41) is 7.86. The molecule has 0 aliphatic carbocycles. The Morgan fingerprint density at radius 1 is 1.28 bits per heavy atom. The number of ether oxygens (including phenoxy) is 1. The van der Waals surface area contributed by atoms with Gasteiger partial charge in [0, 0.05) is 0 Å². The van der Waals surface area contributed by atoms with Crippen molar-refractivity contribution >= 4 is 9.84 Å². The Balaban J connectivity index is 2.85. The number of aliphatic hydroxyl groups excluding tert-OH is 1. The molecule has 0 fully saturated rings. The molecule has 1 rings (SSSR count). The van der Waals surface area contributed by atoms with Gasteiger partial charge in [-0.2, -0.15) is 8.78 Å². The first-order valence-electron chi connectivity index (χ1n) is 5.24. The summed E-state index contributed by atoms with van der Waals surface area (Å²) in [5.41, 5.74) is 0.463. The Kier molecular flexibility index (Phi) is 5.03. The minimum absolute atomic E-state index is 0.0273. The molecule has 0 bridgehead atoms. The monoisotopic (exact) mass is 280 g/mol. The number of hydrogen-bond acceptors (Lipinski definition) is 4. The Morgan fingerprint density at radius 2 is 1.83 bits per heavy atom. The van der Waals surface area contributed by atoms with Gasteiger partial charge in [0.2, 0.25) is 0 Å². The number of aliphatic hydroxyl groups is 1. The maximum atomic E-state index is 11.9. The summed E-state index contributed by atoms with van der Waals surface area (Å²) in [4.78, 5) is 0. The molecule has 0 spiro atoms. The first kappa shape index (κ1) is 14.8. The van der Waals surface area contributed by atoms with E-state index in [2.05, 4.69) is 4.74 Å². The van der Waals surface area contributed by atoms with Gasteiger partial charge in [-0.15, -0.1) is 0 Å². The van der Waals surface area contributed by atoms with Crippen LogP contribution < -0.4 is 4.74 Å². The molecular weight excluding hydrogens is 266 g/mol. The predicted molar refractivity (Wildman–Crippen MR) is 62.4 cm³/mol. The highest BCUT2D eigenvalue weighted by Crippen LogP contribution is 2.25. The van der Waals surface area contributed by atoms with Crippen LogP contribution in [-0.4, -0.2) is 32.5 Å². The lowest BCUT2D eigenvalue weighted by Crippen LogP contribution is -2.16. The standard InChI is InChI=1S/C11H14F2O4S/c1-8(18(15,16)7-6-14)9-2-4-10(5-3-9)17-11(12)13/h2-5,8,11,14H,6-7H2,1H3/t8-/m1/s1. The lowest BCUT2D eigenvalue weighted by atomic mass is 10.2. The first-order chi connectivity index (χ1) is 8.36. The third-order valence-corrected chi connectivity index (χ3v) is 4.59. The highest BCUT2D eigenvalue weighted by molar-refractivity contribution is 7.91. The summed E-state index contributed by atoms with van der Waals surface area (Å²) in [6.45, 7) is -1.88. The van der Waals surface area contributed by atoms with Crippen LogP contribution in [0.1, 0.15) is 17.7 Å². The van der Waals surface area contributed by atoms with E-state index in [1.807, 2.05) is 0 Å². The van der Waals surface area contributed by atoms with Gasteiger partial charge < -0.3 is 9.84 Å². The summed E-state index contributed by atoms with van der Waals surface area (Å²) in [7, 11) is -3.44. The molecule has 0 saturated heterocycles. The van der Waals surface area contributed by atoms with Crippen molar-refractivity contribution < 1.29 is 27.0 Å². The van der Waals surface area contributed by atoms with E-state index >= 15 is 0 Å². The van der Waals surface area contributed by atoms with E-state index in [0.29, 0.717) is 5.56 Å². The van der Waals surface area contributed by atoms with Crippen LogP contribution in [-0.2, 0) is 9.84 Å². The van der Waals surface area contributed by atoms with Crippen molar-refractivity contribution in [1.82, 2.24) is 0 Å². The first-order valence-corrected chi connectivity index (χ1v) is 6.95. The largest absolute Gasteiger partial charge is 0.435 e. The van der Waals surface area contributed by atoms with Gasteiger partial charge in [0.05, 0.1) is 17.6 Å². The van der Waals surface area contributed by atoms with Gasteiger partial charge in [0.1, 0.15) is 5.75 Å². The lowest BCUT2D eigenvalue weighted by Gasteiger charge is -2.13. The van der Waals surface area contributed by atoms with Gasteiger partial charge in [0.15, 0.2) is 9.84 Å². The van der Waals surface area contributed by atoms with Crippen LogP contribution in [0.2, 0.25) is 0 Å². The van der Waals surface area contributed by atoms with Crippen molar-refractivity contribution in [3.8, 4) is 5.75 Å². The zero-order valence-electron chi connectivity index (χ0n) is 9.71. The summed E-state index contributed by atoms with van der Waals surface area (Å²) in [5.74, 6) is -0.357. The van der Waals surface area contributed by atoms with Crippen LogP contribution in [0.5, 0.6) is 5.75 Å². The molecule has 0 aliphatic rings. The zero-order chi connectivity index (χ0) is 13.8. The molecule has 0 saturated carbocycles. The van der Waals surface area contributed by atoms with Crippen LogP contribution in [0.15, 0.2) is 24.3 Å². The minimum Gasteiger partial charge on any atom is -0.435 e. The van der Waals surface area contributed by atoms with Crippen molar-refractivity contribution in [2.75, 3.05) is 12.4 Å². The topological polar surface area (TPSA) is 63.6 Å². The molecule has 0 heterocycles. The second-order valence-electron chi connectivity index (χ2n) is 3.68. The number of benzene rings is 1. The van der Waals surface area contributed by atoms with E-state index in [1.54, 1.807) is 0 Å². The second kappa shape index (κ2) is 6.10. The Bertz CT molecular complexity index is 470. The van der Waals surface area contributed by atoms with Crippen molar-refractivity contribution in [2.24, 2.45) is 0 Å². The van der Waals surface area contributed by atoms with E-state index in [0.717, 1.165) is 0 Å². The Hall–Kier alpha value is -1.21. The molecule has 4 nitrogen and oxygen atoms in total. The van der Waals surface area contributed by atoms with Crippen LogP contribution >= 0.6 is 0 Å². The molecule has 0 aromatic heterocycles. The molecule has 18 heavy (non-hydrogen) atoms. The van der Waals surface area contributed by atoms with Crippen molar-refractivity contribution in [3.63, 3.8) is 0 Å². The van der Waals surface area contributed by atoms with Gasteiger partial charge >= 0.3 is 6.61 Å². The van der Waals surface area contributed by atoms with Crippen molar-refractivity contribution in [3.05, 3.63) is 29.8 Å². The van der Waals surface area contributed by atoms with Crippen molar-refractivity contribution in [2.45, 2.75) is 18.8 Å². The molecule has 1 aromatic carbocycles. The summed E-state index contributed by atoms with van der Waals surface area (Å²) >= 11 is 0. The molecule has 1 N–H and O–H groups in total. The van der Waals surface area contributed by atoms with Gasteiger partial charge in [-0.25, -0.2) is 8.42 Å². The zero-order valence-corrected chi connectivity index (χ0v) is 10.5. The van der Waals surface area contributed by atoms with Gasteiger partial charge in [-0.1, -0.05) is 12.1 Å². The fourth-order valence-corrected chi connectivity index (χ4v) is 2.61. The lowest BCUT2D eigenvalue weighted by molar-refractivity contribution is -0.0498. The van der Waals surface area contributed by atoms with Crippen LogP contribution in [0.25, 0.3) is 0 Å². The van der Waals surface area contributed by atoms with E-state index < -0.39 is 28.3 Å². The normalized spacial score (nSPS) is 13.6. The molecule has 0 unspecified atom stereocenters. The second-order valence-corrected chi connectivity index (χ2v) is 6.12. The number of sulfone groups is 1. The number of hydrogen-bond donors (Lipinski definition) is 1. The van der Waals surface area contributed by atoms with Gasteiger partial charge in [0.25, 0.3) is 0 Å². The summed E-state index contributed by atoms with van der Waals surface area (Å²) in [6.07, 6.45) is 0. The number of halogens is 2. The van der Waals surface area contributed by atoms with E-state index in [9.17, 15) is 17.2 Å². The molecule has 102 valence electrons. The Morgan fingerprint density at radius 3 is 2.28 bits per heavy atom. The third-order valence-electron chi connectivity index (χ3n) is 2.49. The van der Waals surface area contributed by atoms with Crippen molar-refractivity contribution in [1.29, 1.82) is 0 Å². The quantitative estimate of drug-likeness (QED) is 0.862. The average molecular weight is 280 g/mol. The third kappa shape index (κ3) is 3.92. The number of rotatable bonds is 6. The smallest absolute Gasteiger partial charge is 0.387 e. The van der Waals surface area contributed by atoms with Crippen LogP contribution in [0.3, 0.4) is 0 Å². The molecule has 0 aliphatic heterocycles. The molecule has 0 amide bonds. The molecule has 0 radical (unpaired) electrons. The molecular formula is C11H14F2O4S. The van der Waals surface area contributed by atoms with Crippen LogP contribution in [0.4, 0.5) is 8.78 Å². The number of alkyl halides is 2. The van der Waals surface area contributed by atoms with Gasteiger partial charge in [-0.3, -0.25) is 0 Å². The van der Waals surface area contributed by atoms with Crippen LogP contribution in [0, 0.1) is 0 Å². The van der Waals surface area contributed by atoms with E-state index in [4.69, 9.17) is 5.11 Å². The molecule has 1 atom stereocenters. The van der Waals surface area contributed by atoms with Gasteiger partial charge in [-0.05, 0) is 24.6 Å². The fraction of sp³-hybridized carbons (Fsp3) is 0.455. The van der Waals surface area contributed by atoms with E-state index in [1.165, 1.54) is 31.2 Å². The molecule has 7 heteroatoms. The highest BCUT2D eigenvalue weighted by atomic mass is 32.2. The Labute approximate surface area is 104 Å². The SMILES string of the molecule is C[C@H](c1ccc(OC(F)F)cc1)S(=O)(=O)CCO. The maximum Gasteiger partial charge on any atom is 0.387 e. The summed E-state index contributed by atoms with van der Waals surface area (Å²) in [6, 6.07) is 5.40. The maximum absolute atomic E-state index is 11.9.